The van der Waals surface area contributed by atoms with Crippen LogP contribution >= 0.6 is 23.2 Å². The molecule has 0 bridgehead atoms. The normalized spacial score (nSPS) is 13.6. The number of nitrogens with one attached hydrogen (secondary N) is 2. The summed E-state index contributed by atoms with van der Waals surface area (Å²) in [4.78, 5) is 47.8. The fourth-order valence-corrected chi connectivity index (χ4v) is 5.83. The molecule has 2 aromatic heterocycles. The quantitative estimate of drug-likeness (QED) is 0.188. The third-order valence-corrected chi connectivity index (χ3v) is 8.40. The summed E-state index contributed by atoms with van der Waals surface area (Å²) in [7, 11) is 0. The van der Waals surface area contributed by atoms with E-state index in [1.165, 1.54) is 29.4 Å². The van der Waals surface area contributed by atoms with Crippen LogP contribution in [0.5, 0.6) is 0 Å². The molecule has 4 aromatic rings. The second-order valence-electron chi connectivity index (χ2n) is 11.1. The topological polar surface area (TPSA) is 112 Å². The fourth-order valence-electron chi connectivity index (χ4n) is 5.37. The van der Waals surface area contributed by atoms with Crippen LogP contribution in [-0.2, 0) is 12.7 Å². The molecule has 3 amide bonds. The van der Waals surface area contributed by atoms with Crippen molar-refractivity contribution in [3.63, 3.8) is 0 Å². The van der Waals surface area contributed by atoms with Crippen molar-refractivity contribution in [1.82, 2.24) is 19.7 Å². The molecule has 3 heterocycles. The monoisotopic (exact) mass is 701 g/mol. The van der Waals surface area contributed by atoms with Crippen molar-refractivity contribution < 1.29 is 22.8 Å². The van der Waals surface area contributed by atoms with Crippen LogP contribution in [0, 0.1) is 0 Å². The third kappa shape index (κ3) is 8.33. The predicted molar refractivity (Wildman–Crippen MR) is 180 cm³/mol. The highest BCUT2D eigenvalue weighted by Crippen LogP contribution is 2.34. The fraction of sp³-hybridized carbons (Fsp3) is 0.303. The standard InChI is InChI=1S/C33H32Cl2F3N7O3/c1-2-45-31(47)27(40-32(48)41-29-25(34)19-39-20-26(29)35)18-28(42-45)44(14-13-43-11-7-4-8-12-43)30(46)23-15-22(21-9-5-3-6-10-21)16-24(17-23)33(36,37)38/h3,5-6,9-10,15-20H,2,4,7-8,11-14H2,1H3,(H2,39,40,41,48). The molecule has 48 heavy (non-hydrogen) atoms. The van der Waals surface area contributed by atoms with Gasteiger partial charge in [-0.3, -0.25) is 19.5 Å². The number of halogens is 5. The summed E-state index contributed by atoms with van der Waals surface area (Å²) in [5, 5.41) is 9.45. The van der Waals surface area contributed by atoms with Gasteiger partial charge in [-0.05, 0) is 62.2 Å². The molecule has 1 fully saturated rings. The van der Waals surface area contributed by atoms with E-state index in [9.17, 15) is 27.6 Å². The van der Waals surface area contributed by atoms with E-state index in [0.29, 0.717) is 12.1 Å². The Bertz CT molecular complexity index is 1830. The molecular formula is C33H32Cl2F3N7O3. The molecule has 5 rings (SSSR count). The number of rotatable bonds is 9. The van der Waals surface area contributed by atoms with Crippen LogP contribution < -0.4 is 21.1 Å². The predicted octanol–water partition coefficient (Wildman–Crippen LogP) is 7.43. The molecule has 0 saturated carbocycles. The van der Waals surface area contributed by atoms with Crippen molar-refractivity contribution in [2.24, 2.45) is 0 Å². The zero-order chi connectivity index (χ0) is 34.4. The molecule has 1 aliphatic heterocycles. The van der Waals surface area contributed by atoms with E-state index >= 15 is 0 Å². The van der Waals surface area contributed by atoms with Crippen LogP contribution in [0.3, 0.4) is 0 Å². The summed E-state index contributed by atoms with van der Waals surface area (Å²) in [5.74, 6) is -0.790. The molecule has 2 aromatic carbocycles. The van der Waals surface area contributed by atoms with Crippen molar-refractivity contribution >= 4 is 52.3 Å². The summed E-state index contributed by atoms with van der Waals surface area (Å²) in [5.41, 5.74) is -1.32. The smallest absolute Gasteiger partial charge is 0.305 e. The Morgan fingerprint density at radius 1 is 0.938 bits per heavy atom. The summed E-state index contributed by atoms with van der Waals surface area (Å²) < 4.78 is 43.4. The number of pyridine rings is 1. The van der Waals surface area contributed by atoms with Crippen molar-refractivity contribution in [3.8, 4) is 11.1 Å². The Morgan fingerprint density at radius 3 is 2.27 bits per heavy atom. The minimum atomic E-state index is -4.73. The SMILES string of the molecule is CCn1nc(N(CCN2CCCCC2)C(=O)c2cc(-c3ccccc3)cc(C(F)(F)F)c2)cc(NC(=O)Nc2c(Cl)cncc2Cl)c1=O. The maximum atomic E-state index is 14.3. The first kappa shape index (κ1) is 34.9. The van der Waals surface area contributed by atoms with E-state index in [0.717, 1.165) is 49.2 Å². The Labute approximate surface area is 284 Å². The molecule has 15 heteroatoms. The molecule has 0 radical (unpaired) electrons. The van der Waals surface area contributed by atoms with Gasteiger partial charge in [-0.15, -0.1) is 0 Å². The number of carbonyl (C=O) groups is 2. The number of carbonyl (C=O) groups excluding carboxylic acids is 2. The van der Waals surface area contributed by atoms with Gasteiger partial charge in [0.25, 0.3) is 11.5 Å². The third-order valence-electron chi connectivity index (χ3n) is 7.83. The van der Waals surface area contributed by atoms with Gasteiger partial charge in [0, 0.05) is 43.7 Å². The minimum absolute atomic E-state index is 0.0348. The molecule has 0 atom stereocenters. The van der Waals surface area contributed by atoms with Crippen molar-refractivity contribution in [2.75, 3.05) is 41.7 Å². The molecular weight excluding hydrogens is 670 g/mol. The molecule has 1 saturated heterocycles. The number of likely N-dealkylation sites (tertiary alicyclic amines) is 1. The first-order valence-electron chi connectivity index (χ1n) is 15.3. The highest BCUT2D eigenvalue weighted by atomic mass is 35.5. The second kappa shape index (κ2) is 15.2. The minimum Gasteiger partial charge on any atom is -0.305 e. The summed E-state index contributed by atoms with van der Waals surface area (Å²) >= 11 is 12.2. The first-order chi connectivity index (χ1) is 22.9. The van der Waals surface area contributed by atoms with Crippen molar-refractivity contribution in [1.29, 1.82) is 0 Å². The van der Waals surface area contributed by atoms with E-state index in [1.807, 2.05) is 0 Å². The highest BCUT2D eigenvalue weighted by molar-refractivity contribution is 6.39. The lowest BCUT2D eigenvalue weighted by atomic mass is 9.98. The van der Waals surface area contributed by atoms with Crippen molar-refractivity contribution in [2.45, 2.75) is 38.9 Å². The molecule has 2 N–H and O–H groups in total. The molecule has 252 valence electrons. The largest absolute Gasteiger partial charge is 0.416 e. The molecule has 0 unspecified atom stereocenters. The number of hydrogen-bond acceptors (Lipinski definition) is 6. The van der Waals surface area contributed by atoms with Gasteiger partial charge >= 0.3 is 12.2 Å². The van der Waals surface area contributed by atoms with E-state index < -0.39 is 29.2 Å². The average Bonchev–Trinajstić information content (AvgIpc) is 3.08. The van der Waals surface area contributed by atoms with Crippen LogP contribution in [0.4, 0.5) is 35.2 Å². The average molecular weight is 703 g/mol. The van der Waals surface area contributed by atoms with Gasteiger partial charge in [-0.1, -0.05) is 60.0 Å². The van der Waals surface area contributed by atoms with Gasteiger partial charge in [-0.25, -0.2) is 9.48 Å². The van der Waals surface area contributed by atoms with Crippen LogP contribution in [0.2, 0.25) is 10.0 Å². The second-order valence-corrected chi connectivity index (χ2v) is 11.9. The number of hydrogen-bond donors (Lipinski definition) is 2. The van der Waals surface area contributed by atoms with E-state index in [1.54, 1.807) is 37.3 Å². The Kier molecular flexibility index (Phi) is 11.0. The van der Waals surface area contributed by atoms with Crippen LogP contribution in [-0.4, -0.2) is 57.8 Å². The van der Waals surface area contributed by atoms with E-state index in [2.05, 4.69) is 25.6 Å². The van der Waals surface area contributed by atoms with Gasteiger partial charge in [0.1, 0.15) is 5.69 Å². The lowest BCUT2D eigenvalue weighted by molar-refractivity contribution is -0.137. The molecule has 0 aliphatic carbocycles. The Balaban J connectivity index is 1.55. The highest BCUT2D eigenvalue weighted by Gasteiger charge is 2.33. The number of amides is 3. The maximum Gasteiger partial charge on any atom is 0.416 e. The number of urea groups is 1. The molecule has 10 nitrogen and oxygen atoms in total. The lowest BCUT2D eigenvalue weighted by Gasteiger charge is -2.30. The van der Waals surface area contributed by atoms with Crippen LogP contribution in [0.25, 0.3) is 11.1 Å². The van der Waals surface area contributed by atoms with E-state index in [4.69, 9.17) is 23.2 Å². The number of aromatic nitrogens is 3. The number of nitrogens with zero attached hydrogens (tertiary/aromatic N) is 5. The summed E-state index contributed by atoms with van der Waals surface area (Å²) in [6, 6.07) is 12.0. The molecule has 1 aliphatic rings. The summed E-state index contributed by atoms with van der Waals surface area (Å²) in [6.07, 6.45) is 0.880. The summed E-state index contributed by atoms with van der Waals surface area (Å²) in [6.45, 7) is 3.79. The Hall–Kier alpha value is -4.46. The van der Waals surface area contributed by atoms with Gasteiger partial charge < -0.3 is 15.5 Å². The van der Waals surface area contributed by atoms with Gasteiger partial charge in [0.2, 0.25) is 0 Å². The van der Waals surface area contributed by atoms with Gasteiger partial charge in [0.15, 0.2) is 5.82 Å². The zero-order valence-electron chi connectivity index (χ0n) is 25.9. The van der Waals surface area contributed by atoms with Gasteiger partial charge in [0.05, 0.1) is 21.3 Å². The van der Waals surface area contributed by atoms with Crippen LogP contribution in [0.1, 0.15) is 42.1 Å². The zero-order valence-corrected chi connectivity index (χ0v) is 27.4. The first-order valence-corrected chi connectivity index (χ1v) is 16.0. The maximum absolute atomic E-state index is 14.3. The number of benzene rings is 2. The number of alkyl halides is 3. The van der Waals surface area contributed by atoms with Crippen molar-refractivity contribution in [3.05, 3.63) is 98.5 Å². The van der Waals surface area contributed by atoms with Crippen LogP contribution in [0.15, 0.2) is 71.8 Å². The van der Waals surface area contributed by atoms with E-state index in [-0.39, 0.29) is 51.5 Å². The van der Waals surface area contributed by atoms with Gasteiger partial charge in [-0.2, -0.15) is 18.3 Å². The lowest BCUT2D eigenvalue weighted by Crippen LogP contribution is -2.42. The molecule has 0 spiro atoms. The number of aryl methyl sites for hydroxylation is 1. The number of piperidine rings is 1. The Morgan fingerprint density at radius 2 is 1.62 bits per heavy atom. The number of anilines is 3.